The van der Waals surface area contributed by atoms with E-state index in [1.165, 1.54) is 8.80 Å². The molecular weight excluding hydrogens is 300 g/mol. The van der Waals surface area contributed by atoms with Gasteiger partial charge in [0.05, 0.1) is 0 Å². The Labute approximate surface area is 91.0 Å². The van der Waals surface area contributed by atoms with E-state index in [0.717, 1.165) is 0 Å². The smallest absolute Gasteiger partial charge is 0.487 e. The van der Waals surface area contributed by atoms with Crippen LogP contribution in [0.25, 0.3) is 0 Å². The maximum atomic E-state index is 12.7. The standard InChI is InChI=1S/C3H2F4N2O6S2/c4-1(10)8-16(12,13)3(6,7)17(14,15)9-2(5)11/h(H,8,10)(H,9,11)/p-2. The minimum absolute atomic E-state index is 1.20. The Morgan fingerprint density at radius 3 is 1.29 bits per heavy atom. The molecule has 14 heteroatoms. The highest BCUT2D eigenvalue weighted by molar-refractivity contribution is 8.08. The zero-order valence-corrected chi connectivity index (χ0v) is 8.81. The van der Waals surface area contributed by atoms with Gasteiger partial charge in [-0.15, -0.1) is 8.80 Å². The van der Waals surface area contributed by atoms with Crippen LogP contribution < -0.4 is 10.2 Å². The van der Waals surface area contributed by atoms with E-state index < -0.39 is 36.9 Å². The average molecular weight is 300 g/mol. The molecular formula is C3F4N2O6S2-2. The first-order chi connectivity index (χ1) is 7.33. The van der Waals surface area contributed by atoms with Gasteiger partial charge in [0, 0.05) is 0 Å². The molecule has 0 saturated heterocycles. The highest BCUT2D eigenvalue weighted by Gasteiger charge is 2.58. The molecule has 0 radical (unpaired) electrons. The van der Waals surface area contributed by atoms with Gasteiger partial charge in [-0.2, -0.15) is 25.6 Å². The number of hydrogen-bond acceptors (Lipinski definition) is 6. The normalized spacial score (nSPS) is 16.0. The lowest BCUT2D eigenvalue weighted by atomic mass is 11.5. The zero-order valence-electron chi connectivity index (χ0n) is 7.17. The number of alkyl halides is 2. The molecule has 0 unspecified atom stereocenters. The van der Waals surface area contributed by atoms with Gasteiger partial charge < -0.3 is 10.2 Å². The van der Waals surface area contributed by atoms with Crippen LogP contribution >= 0.6 is 0 Å². The van der Waals surface area contributed by atoms with Crippen molar-refractivity contribution in [2.75, 3.05) is 0 Å². The van der Waals surface area contributed by atoms with Crippen molar-refractivity contribution < 1.29 is 44.6 Å². The predicted molar refractivity (Wildman–Crippen MR) is 39.9 cm³/mol. The SMILES string of the molecule is O=S(=O)(/N=C(\[O-])F)C(F)(F)S(=O)(=O)/N=C(\[O-])F. The quantitative estimate of drug-likeness (QED) is 0.321. The van der Waals surface area contributed by atoms with Crippen molar-refractivity contribution in [2.24, 2.45) is 8.80 Å². The third-order valence-electron chi connectivity index (χ3n) is 0.985. The Morgan fingerprint density at radius 1 is 0.882 bits per heavy atom. The van der Waals surface area contributed by atoms with Crippen LogP contribution in [0.1, 0.15) is 0 Å². The molecule has 0 aliphatic heterocycles. The summed E-state index contributed by atoms with van der Waals surface area (Å²) in [5, 5.41) is 19.1. The Bertz CT molecular complexity index is 504. The summed E-state index contributed by atoms with van der Waals surface area (Å²) >= 11 is 0. The summed E-state index contributed by atoms with van der Waals surface area (Å²) in [6.07, 6.45) is -6.27. The second-order valence-corrected chi connectivity index (χ2v) is 5.65. The lowest BCUT2D eigenvalue weighted by Crippen LogP contribution is -2.37. The van der Waals surface area contributed by atoms with Gasteiger partial charge >= 0.3 is 24.6 Å². The second-order valence-electron chi connectivity index (χ2n) is 2.10. The fraction of sp³-hybridized carbons (Fsp3) is 0.333. The summed E-state index contributed by atoms with van der Waals surface area (Å²) in [6, 6.07) is 0. The number of halogens is 4. The van der Waals surface area contributed by atoms with Gasteiger partial charge in [-0.05, 0) is 0 Å². The summed E-state index contributed by atoms with van der Waals surface area (Å²) in [6.45, 7) is 0. The fourth-order valence-corrected chi connectivity index (χ4v) is 2.31. The van der Waals surface area contributed by atoms with Crippen LogP contribution in [0, 0.1) is 0 Å². The molecule has 0 spiro atoms. The monoisotopic (exact) mass is 300 g/mol. The molecule has 8 nitrogen and oxygen atoms in total. The highest BCUT2D eigenvalue weighted by atomic mass is 32.3. The Balaban J connectivity index is 5.93. The molecule has 0 atom stereocenters. The van der Waals surface area contributed by atoms with Crippen LogP contribution in [0.15, 0.2) is 8.80 Å². The first kappa shape index (κ1) is 15.6. The van der Waals surface area contributed by atoms with Crippen molar-refractivity contribution in [3.05, 3.63) is 0 Å². The predicted octanol–water partition coefficient (Wildman–Crippen LogP) is -2.43. The molecule has 17 heavy (non-hydrogen) atoms. The molecule has 0 aliphatic carbocycles. The van der Waals surface area contributed by atoms with Crippen molar-refractivity contribution >= 4 is 32.3 Å². The third-order valence-corrected chi connectivity index (χ3v) is 4.22. The topological polar surface area (TPSA) is 139 Å². The maximum absolute atomic E-state index is 12.7. The van der Waals surface area contributed by atoms with E-state index in [2.05, 4.69) is 0 Å². The van der Waals surface area contributed by atoms with Gasteiger partial charge in [-0.1, -0.05) is 0 Å². The second kappa shape index (κ2) is 4.44. The summed E-state index contributed by atoms with van der Waals surface area (Å²) in [7, 11) is -13.0. The Hall–Kier alpha value is -1.44. The third kappa shape index (κ3) is 3.26. The Kier molecular flexibility index (Phi) is 4.06. The van der Waals surface area contributed by atoms with E-state index in [9.17, 15) is 44.6 Å². The zero-order chi connectivity index (χ0) is 14.1. The van der Waals surface area contributed by atoms with E-state index in [4.69, 9.17) is 0 Å². The van der Waals surface area contributed by atoms with E-state index in [1.54, 1.807) is 0 Å². The van der Waals surface area contributed by atoms with E-state index in [1.807, 2.05) is 0 Å². The summed E-state index contributed by atoms with van der Waals surface area (Å²) in [5.41, 5.74) is 0. The van der Waals surface area contributed by atoms with Crippen LogP contribution in [-0.2, 0) is 20.0 Å². The molecule has 0 N–H and O–H groups in total. The van der Waals surface area contributed by atoms with E-state index >= 15 is 0 Å². The van der Waals surface area contributed by atoms with Crippen molar-refractivity contribution in [3.8, 4) is 0 Å². The first-order valence-electron chi connectivity index (χ1n) is 3.05. The minimum atomic E-state index is -6.50. The van der Waals surface area contributed by atoms with Crippen LogP contribution in [0.4, 0.5) is 17.6 Å². The van der Waals surface area contributed by atoms with Gasteiger partial charge in [0.1, 0.15) is 0 Å². The molecule has 0 amide bonds. The summed E-state index contributed by atoms with van der Waals surface area (Å²) in [5.74, 6) is 0. The van der Waals surface area contributed by atoms with Crippen LogP contribution in [0.5, 0.6) is 0 Å². The fourth-order valence-electron chi connectivity index (χ4n) is 0.428. The molecule has 0 aromatic rings. The van der Waals surface area contributed by atoms with Crippen molar-refractivity contribution in [2.45, 2.75) is 4.59 Å². The molecule has 0 fully saturated rings. The Morgan fingerprint density at radius 2 is 1.12 bits per heavy atom. The van der Waals surface area contributed by atoms with Crippen molar-refractivity contribution in [1.29, 1.82) is 0 Å². The minimum Gasteiger partial charge on any atom is -0.836 e. The van der Waals surface area contributed by atoms with Crippen molar-refractivity contribution in [3.63, 3.8) is 0 Å². The average Bonchev–Trinajstić information content (AvgIpc) is 1.97. The maximum Gasteiger partial charge on any atom is 0.487 e. The summed E-state index contributed by atoms with van der Waals surface area (Å²) < 4.78 is 86.6. The molecule has 0 aromatic heterocycles. The van der Waals surface area contributed by atoms with Gasteiger partial charge in [-0.3, -0.25) is 0 Å². The van der Waals surface area contributed by atoms with E-state index in [-0.39, 0.29) is 0 Å². The van der Waals surface area contributed by atoms with Gasteiger partial charge in [0.25, 0.3) is 0 Å². The lowest BCUT2D eigenvalue weighted by Gasteiger charge is -2.12. The number of nitrogens with zero attached hydrogens (tertiary/aromatic N) is 2. The summed E-state index contributed by atoms with van der Waals surface area (Å²) in [4.78, 5) is 0. The van der Waals surface area contributed by atoms with Crippen LogP contribution in [0.3, 0.4) is 0 Å². The molecule has 0 heterocycles. The first-order valence-corrected chi connectivity index (χ1v) is 5.93. The van der Waals surface area contributed by atoms with Gasteiger partial charge in [-0.25, -0.2) is 8.78 Å². The molecule has 0 saturated carbocycles. The molecule has 0 aliphatic rings. The lowest BCUT2D eigenvalue weighted by molar-refractivity contribution is -0.233. The molecule has 0 rings (SSSR count). The van der Waals surface area contributed by atoms with E-state index in [0.29, 0.717) is 0 Å². The van der Waals surface area contributed by atoms with Crippen LogP contribution in [0.2, 0.25) is 0 Å². The molecule has 100 valence electrons. The van der Waals surface area contributed by atoms with Crippen molar-refractivity contribution in [1.82, 2.24) is 0 Å². The molecule has 0 aromatic carbocycles. The van der Waals surface area contributed by atoms with Gasteiger partial charge in [0.2, 0.25) is 0 Å². The van der Waals surface area contributed by atoms with Gasteiger partial charge in [0.15, 0.2) is 12.3 Å². The number of sulfonamides is 2. The van der Waals surface area contributed by atoms with Crippen LogP contribution in [-0.4, -0.2) is 33.7 Å². The number of rotatable bonds is 4. The number of hydrogen-bond donors (Lipinski definition) is 0. The largest absolute Gasteiger partial charge is 0.836 e. The molecule has 0 bridgehead atoms. The highest BCUT2D eigenvalue weighted by Crippen LogP contribution is 2.31.